The highest BCUT2D eigenvalue weighted by atomic mass is 16.5. The summed E-state index contributed by atoms with van der Waals surface area (Å²) in [5.74, 6) is 0.101. The summed E-state index contributed by atoms with van der Waals surface area (Å²) in [5, 5.41) is 2.73. The van der Waals surface area contributed by atoms with Crippen molar-refractivity contribution >= 4 is 23.3 Å². The Morgan fingerprint density at radius 3 is 2.65 bits per heavy atom. The van der Waals surface area contributed by atoms with E-state index in [4.69, 9.17) is 14.2 Å². The highest BCUT2D eigenvalue weighted by Crippen LogP contribution is 2.34. The second kappa shape index (κ2) is 10.1. The Balaban J connectivity index is 1.76. The third-order valence-electron chi connectivity index (χ3n) is 4.92. The Hall–Kier alpha value is -3.39. The van der Waals surface area contributed by atoms with Gasteiger partial charge < -0.3 is 19.5 Å². The van der Waals surface area contributed by atoms with E-state index in [1.807, 2.05) is 19.1 Å². The van der Waals surface area contributed by atoms with Crippen LogP contribution < -0.4 is 19.7 Å². The maximum absolute atomic E-state index is 12.7. The van der Waals surface area contributed by atoms with E-state index in [1.54, 1.807) is 44.4 Å². The number of fused-ring (bicyclic) bond motifs is 1. The van der Waals surface area contributed by atoms with Gasteiger partial charge in [0.2, 0.25) is 5.91 Å². The van der Waals surface area contributed by atoms with Gasteiger partial charge in [0, 0.05) is 19.2 Å². The van der Waals surface area contributed by atoms with Gasteiger partial charge in [-0.2, -0.15) is 0 Å². The van der Waals surface area contributed by atoms with E-state index in [0.29, 0.717) is 35.9 Å². The molecule has 0 saturated heterocycles. The maximum atomic E-state index is 12.7. The number of aryl methyl sites for hydroxylation is 1. The number of nitrogens with zero attached hydrogens (tertiary/aromatic N) is 1. The van der Waals surface area contributed by atoms with Gasteiger partial charge in [0.25, 0.3) is 5.91 Å². The zero-order chi connectivity index (χ0) is 22.4. The van der Waals surface area contributed by atoms with E-state index in [9.17, 15) is 14.4 Å². The van der Waals surface area contributed by atoms with Crippen molar-refractivity contribution in [1.29, 1.82) is 0 Å². The molecule has 0 saturated carbocycles. The summed E-state index contributed by atoms with van der Waals surface area (Å²) in [6, 6.07) is 11.4. The van der Waals surface area contributed by atoms with Crippen LogP contribution in [0.4, 0.5) is 5.69 Å². The van der Waals surface area contributed by atoms with E-state index in [1.165, 1.54) is 4.90 Å². The van der Waals surface area contributed by atoms with Gasteiger partial charge in [0.1, 0.15) is 17.5 Å². The summed E-state index contributed by atoms with van der Waals surface area (Å²) in [7, 11) is 1.54. The molecule has 0 radical (unpaired) electrons. The highest BCUT2D eigenvalue weighted by Gasteiger charge is 2.33. The molecule has 2 aromatic rings. The predicted molar refractivity (Wildman–Crippen MR) is 115 cm³/mol. The van der Waals surface area contributed by atoms with Crippen molar-refractivity contribution in [3.8, 4) is 11.5 Å². The minimum absolute atomic E-state index is 0.149. The molecule has 8 nitrogen and oxygen atoms in total. The van der Waals surface area contributed by atoms with E-state index >= 15 is 0 Å². The summed E-state index contributed by atoms with van der Waals surface area (Å²) in [5.41, 5.74) is 1.84. The number of hydrogen-bond donors (Lipinski definition) is 1. The van der Waals surface area contributed by atoms with Crippen LogP contribution in [-0.4, -0.2) is 57.1 Å². The Morgan fingerprint density at radius 2 is 1.94 bits per heavy atom. The Kier molecular flexibility index (Phi) is 7.25. The van der Waals surface area contributed by atoms with Crippen LogP contribution in [0, 0.1) is 6.92 Å². The third kappa shape index (κ3) is 5.40. The smallest absolute Gasteiger partial charge is 0.265 e. The molecule has 0 aliphatic carbocycles. The zero-order valence-electron chi connectivity index (χ0n) is 17.8. The zero-order valence-corrected chi connectivity index (χ0v) is 17.8. The van der Waals surface area contributed by atoms with E-state index in [-0.39, 0.29) is 30.8 Å². The van der Waals surface area contributed by atoms with Crippen LogP contribution in [0.25, 0.3) is 0 Å². The third-order valence-corrected chi connectivity index (χ3v) is 4.92. The average Bonchev–Trinajstić information content (AvgIpc) is 2.77. The number of rotatable bonds is 9. The molecule has 0 spiro atoms. The summed E-state index contributed by atoms with van der Waals surface area (Å²) in [6.07, 6.45) is 0. The number of anilines is 1. The van der Waals surface area contributed by atoms with Gasteiger partial charge in [-0.05, 0) is 44.2 Å². The van der Waals surface area contributed by atoms with Crippen LogP contribution in [0.15, 0.2) is 42.5 Å². The van der Waals surface area contributed by atoms with Crippen molar-refractivity contribution in [1.82, 2.24) is 5.32 Å². The molecule has 3 rings (SSSR count). The molecule has 1 aliphatic heterocycles. The van der Waals surface area contributed by atoms with Crippen LogP contribution in [0.2, 0.25) is 0 Å². The first-order valence-corrected chi connectivity index (χ1v) is 9.99. The Morgan fingerprint density at radius 1 is 1.19 bits per heavy atom. The van der Waals surface area contributed by atoms with Crippen molar-refractivity contribution in [2.75, 3.05) is 38.4 Å². The van der Waals surface area contributed by atoms with E-state index in [2.05, 4.69) is 5.32 Å². The first-order chi connectivity index (χ1) is 14.9. The first kappa shape index (κ1) is 22.3. The van der Waals surface area contributed by atoms with Gasteiger partial charge in [0.05, 0.1) is 12.3 Å². The van der Waals surface area contributed by atoms with Gasteiger partial charge in [-0.15, -0.1) is 0 Å². The van der Waals surface area contributed by atoms with Crippen molar-refractivity contribution in [3.05, 3.63) is 53.6 Å². The molecular weight excluding hydrogens is 400 g/mol. The van der Waals surface area contributed by atoms with Crippen LogP contribution in [0.5, 0.6) is 11.5 Å². The molecule has 0 unspecified atom stereocenters. The fourth-order valence-electron chi connectivity index (χ4n) is 3.18. The fraction of sp³-hybridized carbons (Fsp3) is 0.348. The molecule has 2 amide bonds. The summed E-state index contributed by atoms with van der Waals surface area (Å²) in [4.78, 5) is 39.1. The second-order valence-electron chi connectivity index (χ2n) is 7.22. The average molecular weight is 426 g/mol. The number of ketones is 1. The number of hydrogen-bond acceptors (Lipinski definition) is 6. The number of carbonyl (C=O) groups excluding carboxylic acids is 3. The van der Waals surface area contributed by atoms with Crippen molar-refractivity contribution in [2.24, 2.45) is 0 Å². The van der Waals surface area contributed by atoms with E-state index in [0.717, 1.165) is 5.56 Å². The minimum Gasteiger partial charge on any atom is -0.485 e. The largest absolute Gasteiger partial charge is 0.485 e. The molecule has 8 heteroatoms. The van der Waals surface area contributed by atoms with Crippen LogP contribution in [0.3, 0.4) is 0 Å². The van der Waals surface area contributed by atoms with Crippen LogP contribution in [-0.2, 0) is 14.3 Å². The standard InChI is InChI=1S/C23H26N2O6/c1-15-4-7-18(8-5-15)30-13-20(26)17-6-9-21-19(12-17)25(22(27)14-31-21)16(2)23(28)24-10-11-29-3/h4-9,12,16H,10-11,13-14H2,1-3H3,(H,24,28)/t16-/m0/s1. The molecule has 0 aromatic heterocycles. The van der Waals surface area contributed by atoms with Crippen LogP contribution in [0.1, 0.15) is 22.8 Å². The summed E-state index contributed by atoms with van der Waals surface area (Å²) in [6.45, 7) is 3.97. The normalized spacial score (nSPS) is 13.8. The predicted octanol–water partition coefficient (Wildman–Crippen LogP) is 2.13. The number of amides is 2. The van der Waals surface area contributed by atoms with Crippen LogP contribution >= 0.6 is 0 Å². The molecule has 1 aliphatic rings. The minimum atomic E-state index is -0.777. The van der Waals surface area contributed by atoms with Crippen molar-refractivity contribution in [3.63, 3.8) is 0 Å². The molecular formula is C23H26N2O6. The van der Waals surface area contributed by atoms with Gasteiger partial charge in [0.15, 0.2) is 19.0 Å². The molecule has 164 valence electrons. The number of methoxy groups -OCH3 is 1. The quantitative estimate of drug-likeness (QED) is 0.488. The highest BCUT2D eigenvalue weighted by molar-refractivity contribution is 6.05. The first-order valence-electron chi connectivity index (χ1n) is 9.99. The number of carbonyl (C=O) groups is 3. The maximum Gasteiger partial charge on any atom is 0.265 e. The van der Waals surface area contributed by atoms with Gasteiger partial charge in [-0.1, -0.05) is 17.7 Å². The van der Waals surface area contributed by atoms with E-state index < -0.39 is 6.04 Å². The lowest BCUT2D eigenvalue weighted by molar-refractivity contribution is -0.127. The van der Waals surface area contributed by atoms with Crippen molar-refractivity contribution < 1.29 is 28.6 Å². The molecule has 2 aromatic carbocycles. The number of Topliss-reactive ketones (excluding diaryl/α,β-unsaturated/α-hetero) is 1. The number of ether oxygens (including phenoxy) is 3. The lowest BCUT2D eigenvalue weighted by atomic mass is 10.1. The lowest BCUT2D eigenvalue weighted by Gasteiger charge is -2.33. The van der Waals surface area contributed by atoms with Gasteiger partial charge >= 0.3 is 0 Å². The van der Waals surface area contributed by atoms with Crippen molar-refractivity contribution in [2.45, 2.75) is 19.9 Å². The number of benzene rings is 2. The molecule has 0 fully saturated rings. The monoisotopic (exact) mass is 426 g/mol. The SMILES string of the molecule is COCCNC(=O)[C@H](C)N1C(=O)COc2ccc(C(=O)COc3ccc(C)cc3)cc21. The Labute approximate surface area is 181 Å². The summed E-state index contributed by atoms with van der Waals surface area (Å²) >= 11 is 0. The van der Waals surface area contributed by atoms with Gasteiger partial charge in [-0.3, -0.25) is 19.3 Å². The fourth-order valence-corrected chi connectivity index (χ4v) is 3.18. The number of nitrogens with one attached hydrogen (secondary N) is 1. The Bertz CT molecular complexity index is 957. The molecule has 0 bridgehead atoms. The molecule has 1 atom stereocenters. The topological polar surface area (TPSA) is 94.2 Å². The molecule has 1 N–H and O–H groups in total. The second-order valence-corrected chi connectivity index (χ2v) is 7.22. The van der Waals surface area contributed by atoms with Gasteiger partial charge in [-0.25, -0.2) is 0 Å². The molecule has 1 heterocycles. The molecule has 31 heavy (non-hydrogen) atoms. The summed E-state index contributed by atoms with van der Waals surface area (Å²) < 4.78 is 16.0. The lowest BCUT2D eigenvalue weighted by Crippen LogP contribution is -2.51.